The molecule has 1 unspecified atom stereocenters. The molecule has 0 N–H and O–H groups in total. The van der Waals surface area contributed by atoms with Gasteiger partial charge in [0, 0.05) is 67.9 Å². The van der Waals surface area contributed by atoms with Gasteiger partial charge in [-0.05, 0) is 49.2 Å². The number of carbonyl (C=O) groups excluding carboxylic acids is 1. The minimum absolute atomic E-state index is 0.133. The second kappa shape index (κ2) is 9.42. The Morgan fingerprint density at radius 3 is 2.68 bits per heavy atom. The summed E-state index contributed by atoms with van der Waals surface area (Å²) in [5.41, 5.74) is 2.79. The molecule has 0 spiro atoms. The number of aromatic nitrogens is 2. The van der Waals surface area contributed by atoms with Crippen molar-refractivity contribution in [1.82, 2.24) is 19.2 Å². The summed E-state index contributed by atoms with van der Waals surface area (Å²) in [5, 5.41) is 0. The van der Waals surface area contributed by atoms with Gasteiger partial charge in [0.15, 0.2) is 0 Å². The Kier molecular flexibility index (Phi) is 6.25. The van der Waals surface area contributed by atoms with Crippen LogP contribution in [0.4, 0.5) is 0 Å². The van der Waals surface area contributed by atoms with Crippen molar-refractivity contribution in [2.24, 2.45) is 0 Å². The van der Waals surface area contributed by atoms with Crippen molar-refractivity contribution in [2.45, 2.75) is 29.6 Å². The van der Waals surface area contributed by atoms with Crippen molar-refractivity contribution in [3.05, 3.63) is 66.1 Å². The molecule has 2 aliphatic heterocycles. The van der Waals surface area contributed by atoms with E-state index in [1.807, 2.05) is 58.0 Å². The normalized spacial score (nSPS) is 19.9. The molecule has 0 saturated carbocycles. The Morgan fingerprint density at radius 2 is 1.94 bits per heavy atom. The molecule has 5 rings (SSSR count). The summed E-state index contributed by atoms with van der Waals surface area (Å²) in [7, 11) is 0. The van der Waals surface area contributed by atoms with Gasteiger partial charge in [0.2, 0.25) is 0 Å². The minimum atomic E-state index is 0.133. The van der Waals surface area contributed by atoms with E-state index in [1.165, 1.54) is 12.8 Å². The number of carbonyl (C=O) groups is 1. The summed E-state index contributed by atoms with van der Waals surface area (Å²) in [6.07, 6.45) is 6.81. The Labute approximate surface area is 187 Å². The molecule has 4 heterocycles. The smallest absolute Gasteiger partial charge is 0.253 e. The van der Waals surface area contributed by atoms with Crippen molar-refractivity contribution in [3.8, 4) is 0 Å². The van der Waals surface area contributed by atoms with Crippen LogP contribution in [0, 0.1) is 0 Å². The van der Waals surface area contributed by atoms with Gasteiger partial charge in [0.05, 0.1) is 11.8 Å². The predicted molar refractivity (Wildman–Crippen MR) is 123 cm³/mol. The molecule has 2 saturated heterocycles. The van der Waals surface area contributed by atoms with Crippen LogP contribution in [0.25, 0.3) is 5.65 Å². The molecule has 6 nitrogen and oxygen atoms in total. The van der Waals surface area contributed by atoms with Crippen LogP contribution >= 0.6 is 11.8 Å². The van der Waals surface area contributed by atoms with E-state index in [2.05, 4.69) is 16.1 Å². The molecule has 1 atom stereocenters. The highest BCUT2D eigenvalue weighted by Crippen LogP contribution is 2.24. The highest BCUT2D eigenvalue weighted by molar-refractivity contribution is 7.98. The first-order chi connectivity index (χ1) is 15.2. The first-order valence-electron chi connectivity index (χ1n) is 11.0. The molecule has 1 amide bonds. The summed E-state index contributed by atoms with van der Waals surface area (Å²) < 4.78 is 7.78. The lowest BCUT2D eigenvalue weighted by Crippen LogP contribution is -2.50. The quantitative estimate of drug-likeness (QED) is 0.553. The van der Waals surface area contributed by atoms with Crippen LogP contribution in [-0.2, 0) is 10.5 Å². The van der Waals surface area contributed by atoms with Gasteiger partial charge in [0.25, 0.3) is 5.91 Å². The Morgan fingerprint density at radius 1 is 1.10 bits per heavy atom. The average molecular weight is 437 g/mol. The zero-order valence-electron chi connectivity index (χ0n) is 17.7. The van der Waals surface area contributed by atoms with Crippen LogP contribution < -0.4 is 0 Å². The third kappa shape index (κ3) is 4.95. The Hall–Kier alpha value is -2.35. The third-order valence-electron chi connectivity index (χ3n) is 6.05. The number of ether oxygens (including phenoxy) is 1. The maximum Gasteiger partial charge on any atom is 0.253 e. The molecule has 7 heteroatoms. The zero-order chi connectivity index (χ0) is 21.0. The molecule has 2 aliphatic rings. The van der Waals surface area contributed by atoms with Gasteiger partial charge in [-0.1, -0.05) is 6.07 Å². The second-order valence-corrected chi connectivity index (χ2v) is 9.29. The van der Waals surface area contributed by atoms with Crippen molar-refractivity contribution in [1.29, 1.82) is 0 Å². The highest BCUT2D eigenvalue weighted by Gasteiger charge is 2.25. The topological polar surface area (TPSA) is 50.1 Å². The van der Waals surface area contributed by atoms with Gasteiger partial charge in [-0.25, -0.2) is 4.98 Å². The number of rotatable bonds is 6. The number of amides is 1. The number of nitrogens with zero attached hydrogens (tertiary/aromatic N) is 4. The highest BCUT2D eigenvalue weighted by atomic mass is 32.2. The Bertz CT molecular complexity index is 988. The monoisotopic (exact) mass is 436 g/mol. The van der Waals surface area contributed by atoms with Crippen molar-refractivity contribution in [2.75, 3.05) is 39.3 Å². The third-order valence-corrected chi connectivity index (χ3v) is 7.09. The largest absolute Gasteiger partial charge is 0.377 e. The van der Waals surface area contributed by atoms with Crippen molar-refractivity contribution < 1.29 is 9.53 Å². The average Bonchev–Trinajstić information content (AvgIpc) is 3.47. The van der Waals surface area contributed by atoms with E-state index in [9.17, 15) is 4.79 Å². The molecule has 1 aromatic carbocycles. The van der Waals surface area contributed by atoms with Crippen LogP contribution in [0.3, 0.4) is 0 Å². The van der Waals surface area contributed by atoms with Crippen LogP contribution in [-0.4, -0.2) is 70.5 Å². The molecule has 2 aromatic heterocycles. The maximum atomic E-state index is 12.9. The minimum Gasteiger partial charge on any atom is -0.377 e. The molecule has 2 fully saturated rings. The predicted octanol–water partition coefficient (Wildman–Crippen LogP) is 3.56. The SMILES string of the molecule is O=C(c1ccc(SCc2cn3ccccc3n2)cc1)N1CCN(CC2CCCO2)CC1. The molecule has 31 heavy (non-hydrogen) atoms. The second-order valence-electron chi connectivity index (χ2n) is 8.24. The van der Waals surface area contributed by atoms with Crippen LogP contribution in [0.5, 0.6) is 0 Å². The lowest BCUT2D eigenvalue weighted by Gasteiger charge is -2.35. The van der Waals surface area contributed by atoms with Crippen molar-refractivity contribution >= 4 is 23.3 Å². The number of fused-ring (bicyclic) bond motifs is 1. The van der Waals surface area contributed by atoms with Gasteiger partial charge in [-0.3, -0.25) is 9.69 Å². The van der Waals surface area contributed by atoms with E-state index in [0.29, 0.717) is 6.10 Å². The molecular formula is C24H28N4O2S. The maximum absolute atomic E-state index is 12.9. The van der Waals surface area contributed by atoms with E-state index < -0.39 is 0 Å². The molecule has 0 aliphatic carbocycles. The lowest BCUT2D eigenvalue weighted by atomic mass is 10.1. The molecule has 162 valence electrons. The van der Waals surface area contributed by atoms with Gasteiger partial charge >= 0.3 is 0 Å². The number of piperazine rings is 1. The standard InChI is InChI=1S/C24H28N4O2S/c29-24(27-13-11-26(12-14-27)17-21-4-3-15-30-21)19-6-8-22(9-7-19)31-18-20-16-28-10-2-1-5-23(28)25-20/h1-2,5-10,16,21H,3-4,11-15,17-18H2. The van der Waals surface area contributed by atoms with Crippen molar-refractivity contribution in [3.63, 3.8) is 0 Å². The van der Waals surface area contributed by atoms with E-state index in [0.717, 1.165) is 66.9 Å². The fourth-order valence-electron chi connectivity index (χ4n) is 4.30. The van der Waals surface area contributed by atoms with E-state index in [1.54, 1.807) is 11.8 Å². The van der Waals surface area contributed by atoms with Crippen LogP contribution in [0.1, 0.15) is 28.9 Å². The molecule has 0 bridgehead atoms. The van der Waals surface area contributed by atoms with Gasteiger partial charge in [-0.15, -0.1) is 11.8 Å². The molecule has 0 radical (unpaired) electrons. The zero-order valence-corrected chi connectivity index (χ0v) is 18.5. The number of hydrogen-bond donors (Lipinski definition) is 0. The van der Waals surface area contributed by atoms with E-state index in [4.69, 9.17) is 4.74 Å². The van der Waals surface area contributed by atoms with Gasteiger partial charge < -0.3 is 14.0 Å². The fraction of sp³-hybridized carbons (Fsp3) is 0.417. The number of hydrogen-bond acceptors (Lipinski definition) is 5. The van der Waals surface area contributed by atoms with Crippen LogP contribution in [0.2, 0.25) is 0 Å². The van der Waals surface area contributed by atoms with E-state index in [-0.39, 0.29) is 5.91 Å². The first kappa shape index (κ1) is 20.5. The summed E-state index contributed by atoms with van der Waals surface area (Å²) >= 11 is 1.74. The number of pyridine rings is 1. The van der Waals surface area contributed by atoms with Gasteiger partial charge in [0.1, 0.15) is 5.65 Å². The first-order valence-corrected chi connectivity index (χ1v) is 12.0. The number of benzene rings is 1. The Balaban J connectivity index is 1.12. The van der Waals surface area contributed by atoms with E-state index >= 15 is 0 Å². The summed E-state index contributed by atoms with van der Waals surface area (Å²) in [5.74, 6) is 0.940. The number of imidazole rings is 1. The van der Waals surface area contributed by atoms with Gasteiger partial charge in [-0.2, -0.15) is 0 Å². The van der Waals surface area contributed by atoms with Crippen LogP contribution in [0.15, 0.2) is 59.8 Å². The molecular weight excluding hydrogens is 408 g/mol. The lowest BCUT2D eigenvalue weighted by molar-refractivity contribution is 0.0432. The molecule has 3 aromatic rings. The summed E-state index contributed by atoms with van der Waals surface area (Å²) in [4.78, 5) is 23.1. The number of thioether (sulfide) groups is 1. The summed E-state index contributed by atoms with van der Waals surface area (Å²) in [6, 6.07) is 14.0. The summed E-state index contributed by atoms with van der Waals surface area (Å²) in [6.45, 7) is 5.33. The fourth-order valence-corrected chi connectivity index (χ4v) is 5.08.